The van der Waals surface area contributed by atoms with E-state index in [-0.39, 0.29) is 46.4 Å². The standard InChI is InChI=1S/C30H28F6O2/c1-2-3-18-8-13-23(30(36)25(18)31)37-14-16-4-6-17(7-5-16)19-9-10-20(27(33)26(19)32)21-11-12-22(24-15-38-24)29(35)28(21)34/h8-13,16-17,24H,2-7,14-15H2,1H3. The lowest BCUT2D eigenvalue weighted by Gasteiger charge is -2.29. The molecule has 2 fully saturated rings. The zero-order valence-electron chi connectivity index (χ0n) is 20.9. The van der Waals surface area contributed by atoms with Crippen LogP contribution in [-0.2, 0) is 11.2 Å². The summed E-state index contributed by atoms with van der Waals surface area (Å²) in [5, 5.41) is 0. The molecule has 0 N–H and O–H groups in total. The van der Waals surface area contributed by atoms with Gasteiger partial charge in [-0.25, -0.2) is 22.0 Å². The van der Waals surface area contributed by atoms with Crippen LogP contribution in [0.3, 0.4) is 0 Å². The lowest BCUT2D eigenvalue weighted by atomic mass is 9.78. The van der Waals surface area contributed by atoms with Crippen LogP contribution in [0.5, 0.6) is 5.75 Å². The summed E-state index contributed by atoms with van der Waals surface area (Å²) in [5.41, 5.74) is -0.120. The van der Waals surface area contributed by atoms with E-state index in [1.165, 1.54) is 36.4 Å². The molecular weight excluding hydrogens is 506 g/mol. The average molecular weight is 535 g/mol. The van der Waals surface area contributed by atoms with Crippen molar-refractivity contribution in [2.24, 2.45) is 5.92 Å². The summed E-state index contributed by atoms with van der Waals surface area (Å²) < 4.78 is 98.3. The van der Waals surface area contributed by atoms with Gasteiger partial charge in [-0.15, -0.1) is 0 Å². The Kier molecular flexibility index (Phi) is 7.70. The zero-order valence-corrected chi connectivity index (χ0v) is 20.9. The first-order valence-corrected chi connectivity index (χ1v) is 13.0. The second-order valence-corrected chi connectivity index (χ2v) is 10.1. The molecule has 0 amide bonds. The number of halogens is 6. The Hall–Kier alpha value is -3.00. The molecule has 8 heteroatoms. The highest BCUT2D eigenvalue weighted by molar-refractivity contribution is 5.66. The fourth-order valence-electron chi connectivity index (χ4n) is 5.33. The molecule has 0 aromatic heterocycles. The summed E-state index contributed by atoms with van der Waals surface area (Å²) in [6.45, 7) is 2.37. The van der Waals surface area contributed by atoms with Gasteiger partial charge < -0.3 is 9.47 Å². The molecule has 1 aliphatic carbocycles. The van der Waals surface area contributed by atoms with E-state index in [2.05, 4.69) is 0 Å². The van der Waals surface area contributed by atoms with Crippen LogP contribution in [-0.4, -0.2) is 13.2 Å². The highest BCUT2D eigenvalue weighted by Crippen LogP contribution is 2.41. The first-order valence-electron chi connectivity index (χ1n) is 13.0. The first-order chi connectivity index (χ1) is 18.3. The van der Waals surface area contributed by atoms with E-state index in [4.69, 9.17) is 9.47 Å². The van der Waals surface area contributed by atoms with Gasteiger partial charge >= 0.3 is 0 Å². The van der Waals surface area contributed by atoms with Crippen molar-refractivity contribution in [3.05, 3.63) is 88.0 Å². The molecule has 38 heavy (non-hydrogen) atoms. The minimum Gasteiger partial charge on any atom is -0.490 e. The van der Waals surface area contributed by atoms with E-state index in [0.717, 1.165) is 0 Å². The first kappa shape index (κ1) is 26.6. The molecule has 1 saturated heterocycles. The number of ether oxygens (including phenoxy) is 2. The van der Waals surface area contributed by atoms with Crippen LogP contribution in [0.1, 0.15) is 67.7 Å². The monoisotopic (exact) mass is 534 g/mol. The molecule has 3 aromatic rings. The van der Waals surface area contributed by atoms with Gasteiger partial charge in [-0.2, -0.15) is 4.39 Å². The Labute approximate surface area is 217 Å². The molecule has 1 saturated carbocycles. The Bertz CT molecular complexity index is 1330. The number of aryl methyl sites for hydroxylation is 1. The Balaban J connectivity index is 1.23. The number of rotatable bonds is 8. The molecule has 1 atom stereocenters. The number of hydrogen-bond acceptors (Lipinski definition) is 2. The molecule has 2 aliphatic rings. The maximum atomic E-state index is 15.1. The van der Waals surface area contributed by atoms with Crippen molar-refractivity contribution in [3.63, 3.8) is 0 Å². The predicted molar refractivity (Wildman–Crippen MR) is 131 cm³/mol. The molecule has 3 aromatic carbocycles. The van der Waals surface area contributed by atoms with Gasteiger partial charge in [-0.3, -0.25) is 0 Å². The smallest absolute Gasteiger partial charge is 0.200 e. The van der Waals surface area contributed by atoms with Gasteiger partial charge in [0, 0.05) is 16.7 Å². The van der Waals surface area contributed by atoms with Crippen LogP contribution < -0.4 is 4.74 Å². The van der Waals surface area contributed by atoms with Crippen molar-refractivity contribution >= 4 is 0 Å². The highest BCUT2D eigenvalue weighted by Gasteiger charge is 2.32. The molecule has 0 bridgehead atoms. The molecule has 202 valence electrons. The average Bonchev–Trinajstić information content (AvgIpc) is 3.76. The Morgan fingerprint density at radius 2 is 1.32 bits per heavy atom. The fraction of sp³-hybridized carbons (Fsp3) is 0.400. The minimum atomic E-state index is -1.24. The second kappa shape index (κ2) is 11.0. The van der Waals surface area contributed by atoms with Gasteiger partial charge in [0.05, 0.1) is 13.2 Å². The van der Waals surface area contributed by atoms with Crippen molar-refractivity contribution in [3.8, 4) is 16.9 Å². The number of epoxide rings is 1. The highest BCUT2D eigenvalue weighted by atomic mass is 19.2. The van der Waals surface area contributed by atoms with E-state index in [9.17, 15) is 17.6 Å². The second-order valence-electron chi connectivity index (χ2n) is 10.1. The molecule has 1 unspecified atom stereocenters. The van der Waals surface area contributed by atoms with Crippen molar-refractivity contribution in [2.45, 2.75) is 57.5 Å². The third-order valence-electron chi connectivity index (χ3n) is 7.60. The largest absolute Gasteiger partial charge is 0.490 e. The maximum absolute atomic E-state index is 15.1. The quantitative estimate of drug-likeness (QED) is 0.213. The van der Waals surface area contributed by atoms with Crippen LogP contribution in [0, 0.1) is 40.8 Å². The van der Waals surface area contributed by atoms with Crippen LogP contribution in [0.25, 0.3) is 11.1 Å². The summed E-state index contributed by atoms with van der Waals surface area (Å²) in [7, 11) is 0. The minimum absolute atomic E-state index is 0.0576. The molecule has 2 nitrogen and oxygen atoms in total. The van der Waals surface area contributed by atoms with Gasteiger partial charge in [-0.1, -0.05) is 43.7 Å². The van der Waals surface area contributed by atoms with Crippen molar-refractivity contribution in [1.82, 2.24) is 0 Å². The van der Waals surface area contributed by atoms with Crippen molar-refractivity contribution < 1.29 is 35.8 Å². The van der Waals surface area contributed by atoms with Crippen LogP contribution >= 0.6 is 0 Å². The number of benzene rings is 3. The van der Waals surface area contributed by atoms with E-state index in [1.54, 1.807) is 0 Å². The van der Waals surface area contributed by atoms with E-state index in [0.29, 0.717) is 50.7 Å². The summed E-state index contributed by atoms with van der Waals surface area (Å²) >= 11 is 0. The number of hydrogen-bond donors (Lipinski definition) is 0. The van der Waals surface area contributed by atoms with Gasteiger partial charge in [-0.05, 0) is 61.1 Å². The van der Waals surface area contributed by atoms with Crippen LogP contribution in [0.4, 0.5) is 26.3 Å². The molecule has 1 aliphatic heterocycles. The van der Waals surface area contributed by atoms with E-state index >= 15 is 8.78 Å². The molecule has 5 rings (SSSR count). The van der Waals surface area contributed by atoms with Gasteiger partial charge in [0.2, 0.25) is 5.82 Å². The van der Waals surface area contributed by atoms with Gasteiger partial charge in [0.1, 0.15) is 6.10 Å². The van der Waals surface area contributed by atoms with Crippen LogP contribution in [0.2, 0.25) is 0 Å². The molecule has 0 spiro atoms. The Morgan fingerprint density at radius 3 is 1.92 bits per heavy atom. The topological polar surface area (TPSA) is 21.8 Å². The van der Waals surface area contributed by atoms with E-state index < -0.39 is 41.0 Å². The molecule has 0 radical (unpaired) electrons. The van der Waals surface area contributed by atoms with Crippen molar-refractivity contribution in [1.29, 1.82) is 0 Å². The fourth-order valence-corrected chi connectivity index (χ4v) is 5.33. The lowest BCUT2D eigenvalue weighted by molar-refractivity contribution is 0.191. The lowest BCUT2D eigenvalue weighted by Crippen LogP contribution is -2.20. The third kappa shape index (κ3) is 5.15. The third-order valence-corrected chi connectivity index (χ3v) is 7.60. The van der Waals surface area contributed by atoms with E-state index in [1.807, 2.05) is 6.92 Å². The summed E-state index contributed by atoms with van der Waals surface area (Å²) in [6.07, 6.45) is 3.01. The SMILES string of the molecule is CCCc1ccc(OCC2CCC(c3ccc(-c4ccc(C5CO5)c(F)c4F)c(F)c3F)CC2)c(F)c1F. The molecule has 1 heterocycles. The molecular formula is C30H28F6O2. The summed E-state index contributed by atoms with van der Waals surface area (Å²) in [4.78, 5) is 0. The van der Waals surface area contributed by atoms with Gasteiger partial charge in [0.15, 0.2) is 34.8 Å². The van der Waals surface area contributed by atoms with Gasteiger partial charge in [0.25, 0.3) is 0 Å². The summed E-state index contributed by atoms with van der Waals surface area (Å²) in [5.74, 6) is -6.84. The van der Waals surface area contributed by atoms with Crippen molar-refractivity contribution in [2.75, 3.05) is 13.2 Å². The summed E-state index contributed by atoms with van der Waals surface area (Å²) in [6, 6.07) is 8.26. The zero-order chi connectivity index (χ0) is 27.0. The van der Waals surface area contributed by atoms with Crippen LogP contribution in [0.15, 0.2) is 36.4 Å². The maximum Gasteiger partial charge on any atom is 0.200 e. The normalized spacial score (nSPS) is 21.0. The Morgan fingerprint density at radius 1 is 0.711 bits per heavy atom. The predicted octanol–water partition coefficient (Wildman–Crippen LogP) is 8.56.